The summed E-state index contributed by atoms with van der Waals surface area (Å²) >= 11 is 0. The number of benzene rings is 1. The van der Waals surface area contributed by atoms with Gasteiger partial charge < -0.3 is 9.88 Å². The van der Waals surface area contributed by atoms with Crippen LogP contribution >= 0.6 is 0 Å². The largest absolute Gasteiger partial charge is 0.338 e. The van der Waals surface area contributed by atoms with Gasteiger partial charge in [-0.05, 0) is 23.8 Å². The van der Waals surface area contributed by atoms with Crippen molar-refractivity contribution in [2.45, 2.75) is 19.3 Å². The molecular formula is C16H21N3. The summed E-state index contributed by atoms with van der Waals surface area (Å²) in [5, 5.41) is 3.44. The Balaban J connectivity index is 1.65. The summed E-state index contributed by atoms with van der Waals surface area (Å²) in [6.45, 7) is 2.26. The van der Waals surface area contributed by atoms with E-state index in [1.54, 1.807) is 0 Å². The molecule has 0 bridgehead atoms. The first-order valence-electron chi connectivity index (χ1n) is 6.98. The quantitative estimate of drug-likeness (QED) is 0.887. The second kappa shape index (κ2) is 5.17. The Kier molecular flexibility index (Phi) is 3.38. The zero-order chi connectivity index (χ0) is 13.1. The third-order valence-electron chi connectivity index (χ3n) is 4.22. The fourth-order valence-electron chi connectivity index (χ4n) is 2.91. The monoisotopic (exact) mass is 255 g/mol. The second-order valence-corrected chi connectivity index (χ2v) is 5.72. The van der Waals surface area contributed by atoms with Crippen LogP contribution in [0.1, 0.15) is 17.8 Å². The van der Waals surface area contributed by atoms with E-state index in [0.29, 0.717) is 5.41 Å². The number of hydrogen-bond acceptors (Lipinski definition) is 2. The van der Waals surface area contributed by atoms with Crippen LogP contribution in [-0.4, -0.2) is 22.6 Å². The molecule has 1 aliphatic heterocycles. The highest BCUT2D eigenvalue weighted by Gasteiger charge is 2.36. The molecule has 3 rings (SSSR count). The van der Waals surface area contributed by atoms with Crippen LogP contribution in [0, 0.1) is 5.41 Å². The van der Waals surface area contributed by atoms with Crippen LogP contribution in [0.5, 0.6) is 0 Å². The van der Waals surface area contributed by atoms with E-state index in [-0.39, 0.29) is 0 Å². The fourth-order valence-corrected chi connectivity index (χ4v) is 2.91. The summed E-state index contributed by atoms with van der Waals surface area (Å²) in [4.78, 5) is 4.43. The number of rotatable bonds is 5. The molecule has 3 heteroatoms. The van der Waals surface area contributed by atoms with Crippen molar-refractivity contribution in [1.29, 1.82) is 0 Å². The molecule has 0 aliphatic carbocycles. The lowest BCUT2D eigenvalue weighted by Gasteiger charge is -2.43. The van der Waals surface area contributed by atoms with Gasteiger partial charge in [0.2, 0.25) is 0 Å². The molecule has 1 aliphatic rings. The summed E-state index contributed by atoms with van der Waals surface area (Å²) in [5.74, 6) is 1.19. The van der Waals surface area contributed by atoms with Crippen molar-refractivity contribution in [1.82, 2.24) is 14.9 Å². The minimum atomic E-state index is 0.424. The highest BCUT2D eigenvalue weighted by atomic mass is 15.0. The molecule has 1 aromatic carbocycles. The van der Waals surface area contributed by atoms with E-state index in [0.717, 1.165) is 19.5 Å². The van der Waals surface area contributed by atoms with E-state index in [4.69, 9.17) is 0 Å². The Morgan fingerprint density at radius 2 is 2.05 bits per heavy atom. The van der Waals surface area contributed by atoms with Crippen LogP contribution in [0.3, 0.4) is 0 Å². The van der Waals surface area contributed by atoms with Crippen LogP contribution in [0.4, 0.5) is 0 Å². The van der Waals surface area contributed by atoms with E-state index in [1.165, 1.54) is 24.2 Å². The van der Waals surface area contributed by atoms with Gasteiger partial charge in [0, 0.05) is 39.0 Å². The number of imidazole rings is 1. The number of hydrogen-bond donors (Lipinski definition) is 1. The number of nitrogens with zero attached hydrogens (tertiary/aromatic N) is 2. The van der Waals surface area contributed by atoms with Crippen molar-refractivity contribution in [2.24, 2.45) is 12.5 Å². The maximum atomic E-state index is 4.43. The van der Waals surface area contributed by atoms with Crippen LogP contribution < -0.4 is 5.32 Å². The van der Waals surface area contributed by atoms with Crippen molar-refractivity contribution in [2.75, 3.05) is 13.1 Å². The van der Waals surface area contributed by atoms with Gasteiger partial charge in [-0.2, -0.15) is 0 Å². The minimum Gasteiger partial charge on any atom is -0.338 e. The molecule has 0 saturated carbocycles. The van der Waals surface area contributed by atoms with Gasteiger partial charge in [-0.15, -0.1) is 0 Å². The van der Waals surface area contributed by atoms with Gasteiger partial charge in [0.05, 0.1) is 0 Å². The lowest BCUT2D eigenvalue weighted by atomic mass is 9.73. The van der Waals surface area contributed by atoms with Crippen molar-refractivity contribution >= 4 is 0 Å². The normalized spacial score (nSPS) is 17.1. The van der Waals surface area contributed by atoms with Crippen molar-refractivity contribution < 1.29 is 0 Å². The lowest BCUT2D eigenvalue weighted by molar-refractivity contribution is 0.151. The standard InChI is InChI=1S/C16H21N3/c1-19-10-9-18-15(19)7-8-16(12-17-13-16)11-14-5-3-2-4-6-14/h2-6,9-10,17H,7-8,11-13H2,1H3. The smallest absolute Gasteiger partial charge is 0.108 e. The predicted octanol–water partition coefficient (Wildman–Crippen LogP) is 2.18. The van der Waals surface area contributed by atoms with Gasteiger partial charge >= 0.3 is 0 Å². The fraction of sp³-hybridized carbons (Fsp3) is 0.438. The molecule has 1 saturated heterocycles. The maximum Gasteiger partial charge on any atom is 0.108 e. The maximum absolute atomic E-state index is 4.43. The summed E-state index contributed by atoms with van der Waals surface area (Å²) in [6.07, 6.45) is 7.36. The molecule has 3 nitrogen and oxygen atoms in total. The highest BCUT2D eigenvalue weighted by Crippen LogP contribution is 2.32. The van der Waals surface area contributed by atoms with Gasteiger partial charge in [-0.1, -0.05) is 30.3 Å². The minimum absolute atomic E-state index is 0.424. The van der Waals surface area contributed by atoms with E-state index < -0.39 is 0 Å². The van der Waals surface area contributed by atoms with Gasteiger partial charge in [0.1, 0.15) is 5.82 Å². The Hall–Kier alpha value is -1.61. The SMILES string of the molecule is Cn1ccnc1CCC1(Cc2ccccc2)CNC1. The summed E-state index contributed by atoms with van der Waals surface area (Å²) in [7, 11) is 2.07. The number of aromatic nitrogens is 2. The van der Waals surface area contributed by atoms with E-state index >= 15 is 0 Å². The highest BCUT2D eigenvalue weighted by molar-refractivity contribution is 5.18. The Morgan fingerprint density at radius 3 is 2.63 bits per heavy atom. The molecule has 0 atom stereocenters. The van der Waals surface area contributed by atoms with Crippen molar-refractivity contribution in [3.8, 4) is 0 Å². The second-order valence-electron chi connectivity index (χ2n) is 5.72. The third-order valence-corrected chi connectivity index (χ3v) is 4.22. The van der Waals surface area contributed by atoms with Gasteiger partial charge in [-0.25, -0.2) is 4.98 Å². The first-order chi connectivity index (χ1) is 9.27. The first-order valence-corrected chi connectivity index (χ1v) is 6.98. The zero-order valence-electron chi connectivity index (χ0n) is 11.5. The molecule has 2 heterocycles. The van der Waals surface area contributed by atoms with E-state index in [2.05, 4.69) is 52.2 Å². The van der Waals surface area contributed by atoms with Gasteiger partial charge in [-0.3, -0.25) is 0 Å². The zero-order valence-corrected chi connectivity index (χ0v) is 11.5. The molecule has 1 N–H and O–H groups in total. The Bertz CT molecular complexity index is 526. The molecule has 100 valence electrons. The van der Waals surface area contributed by atoms with Crippen LogP contribution in [0.15, 0.2) is 42.7 Å². The molecular weight excluding hydrogens is 234 g/mol. The molecule has 0 amide bonds. The molecule has 0 radical (unpaired) electrons. The Morgan fingerprint density at radius 1 is 1.26 bits per heavy atom. The Labute approximate surface area is 114 Å². The number of aryl methyl sites for hydroxylation is 2. The third kappa shape index (κ3) is 2.71. The molecule has 1 aromatic heterocycles. The first kappa shape index (κ1) is 12.4. The lowest BCUT2D eigenvalue weighted by Crippen LogP contribution is -2.54. The van der Waals surface area contributed by atoms with Crippen molar-refractivity contribution in [3.05, 3.63) is 54.1 Å². The van der Waals surface area contributed by atoms with Crippen LogP contribution in [-0.2, 0) is 19.9 Å². The van der Waals surface area contributed by atoms with E-state index in [9.17, 15) is 0 Å². The molecule has 1 fully saturated rings. The van der Waals surface area contributed by atoms with Gasteiger partial charge in [0.15, 0.2) is 0 Å². The predicted molar refractivity (Wildman–Crippen MR) is 77.0 cm³/mol. The molecule has 19 heavy (non-hydrogen) atoms. The molecule has 2 aromatic rings. The molecule has 0 unspecified atom stereocenters. The van der Waals surface area contributed by atoms with E-state index in [1.807, 2.05) is 12.4 Å². The van der Waals surface area contributed by atoms with Crippen LogP contribution in [0.25, 0.3) is 0 Å². The average molecular weight is 255 g/mol. The van der Waals surface area contributed by atoms with Gasteiger partial charge in [0.25, 0.3) is 0 Å². The summed E-state index contributed by atoms with van der Waals surface area (Å²) in [6, 6.07) is 10.8. The topological polar surface area (TPSA) is 29.9 Å². The summed E-state index contributed by atoms with van der Waals surface area (Å²) in [5.41, 5.74) is 1.87. The molecule has 0 spiro atoms. The average Bonchev–Trinajstić information content (AvgIpc) is 2.79. The van der Waals surface area contributed by atoms with Crippen LogP contribution in [0.2, 0.25) is 0 Å². The van der Waals surface area contributed by atoms with Crippen molar-refractivity contribution in [3.63, 3.8) is 0 Å². The summed E-state index contributed by atoms with van der Waals surface area (Å²) < 4.78 is 2.13. The number of nitrogens with one attached hydrogen (secondary N) is 1.